The largest absolute Gasteiger partial charge is 0.326 e. The Morgan fingerprint density at radius 2 is 2.21 bits per heavy atom. The second kappa shape index (κ2) is 4.28. The molecule has 0 spiro atoms. The summed E-state index contributed by atoms with van der Waals surface area (Å²) in [6, 6.07) is 0.403. The molecule has 1 saturated heterocycles. The lowest BCUT2D eigenvalue weighted by Gasteiger charge is -2.32. The quantitative estimate of drug-likeness (QED) is 0.726. The minimum atomic E-state index is 0.378. The van der Waals surface area contributed by atoms with E-state index in [1.54, 1.807) is 0 Å². The van der Waals surface area contributed by atoms with E-state index in [4.69, 9.17) is 5.73 Å². The van der Waals surface area contributed by atoms with Gasteiger partial charge in [-0.2, -0.15) is 11.8 Å². The van der Waals surface area contributed by atoms with Gasteiger partial charge >= 0.3 is 0 Å². The summed E-state index contributed by atoms with van der Waals surface area (Å²) < 4.78 is 0.378. The van der Waals surface area contributed by atoms with Gasteiger partial charge in [-0.05, 0) is 50.7 Å². The Labute approximate surface area is 91.5 Å². The maximum atomic E-state index is 6.34. The smallest absolute Gasteiger partial charge is 0.0283 e. The Morgan fingerprint density at radius 3 is 2.79 bits per heavy atom. The van der Waals surface area contributed by atoms with Gasteiger partial charge in [-0.25, -0.2) is 0 Å². The molecule has 1 heterocycles. The van der Waals surface area contributed by atoms with Gasteiger partial charge in [0.1, 0.15) is 0 Å². The van der Waals surface area contributed by atoms with Gasteiger partial charge in [-0.1, -0.05) is 12.2 Å². The van der Waals surface area contributed by atoms with E-state index < -0.39 is 0 Å². The van der Waals surface area contributed by atoms with Crippen molar-refractivity contribution >= 4 is 11.8 Å². The predicted molar refractivity (Wildman–Crippen MR) is 64.6 cm³/mol. The zero-order valence-electron chi connectivity index (χ0n) is 9.04. The zero-order chi connectivity index (χ0) is 10.0. The average Bonchev–Trinajstić information content (AvgIpc) is 2.76. The average molecular weight is 211 g/mol. The van der Waals surface area contributed by atoms with Gasteiger partial charge in [0.25, 0.3) is 0 Å². The Hall–Kier alpha value is 0.0500. The maximum absolute atomic E-state index is 6.34. The SMILES string of the molecule is CC1(C(N)CC2CC=CC2)CCCS1. The first-order valence-electron chi connectivity index (χ1n) is 5.75. The molecule has 80 valence electrons. The van der Waals surface area contributed by atoms with Crippen LogP contribution in [-0.2, 0) is 0 Å². The number of thioether (sulfide) groups is 1. The highest BCUT2D eigenvalue weighted by atomic mass is 32.2. The fraction of sp³-hybridized carbons (Fsp3) is 0.833. The third-order valence-electron chi connectivity index (χ3n) is 3.73. The third kappa shape index (κ3) is 2.17. The van der Waals surface area contributed by atoms with Crippen LogP contribution in [0.4, 0.5) is 0 Å². The summed E-state index contributed by atoms with van der Waals surface area (Å²) in [5.74, 6) is 2.15. The van der Waals surface area contributed by atoms with E-state index in [0.717, 1.165) is 5.92 Å². The third-order valence-corrected chi connectivity index (χ3v) is 5.39. The molecule has 2 N–H and O–H groups in total. The first-order valence-corrected chi connectivity index (χ1v) is 6.74. The topological polar surface area (TPSA) is 26.0 Å². The van der Waals surface area contributed by atoms with Crippen LogP contribution in [-0.4, -0.2) is 16.5 Å². The molecule has 2 heteroatoms. The Morgan fingerprint density at radius 1 is 1.50 bits per heavy atom. The van der Waals surface area contributed by atoms with Gasteiger partial charge in [0.05, 0.1) is 0 Å². The molecule has 1 nitrogen and oxygen atoms in total. The molecular weight excluding hydrogens is 190 g/mol. The second-order valence-corrected chi connectivity index (χ2v) is 6.55. The molecule has 0 saturated carbocycles. The van der Waals surface area contributed by atoms with E-state index in [0.29, 0.717) is 10.8 Å². The van der Waals surface area contributed by atoms with Crippen molar-refractivity contribution in [2.45, 2.75) is 49.8 Å². The molecule has 0 aromatic rings. The van der Waals surface area contributed by atoms with Crippen molar-refractivity contribution in [2.24, 2.45) is 11.7 Å². The van der Waals surface area contributed by atoms with Crippen molar-refractivity contribution in [3.05, 3.63) is 12.2 Å². The van der Waals surface area contributed by atoms with Crippen LogP contribution in [0.2, 0.25) is 0 Å². The molecule has 0 bridgehead atoms. The highest BCUT2D eigenvalue weighted by Crippen LogP contribution is 2.42. The summed E-state index contributed by atoms with van der Waals surface area (Å²) >= 11 is 2.09. The highest BCUT2D eigenvalue weighted by molar-refractivity contribution is 8.00. The number of rotatable bonds is 3. The van der Waals surface area contributed by atoms with Crippen molar-refractivity contribution in [3.8, 4) is 0 Å². The predicted octanol–water partition coefficient (Wildman–Crippen LogP) is 2.96. The second-order valence-electron chi connectivity index (χ2n) is 4.92. The maximum Gasteiger partial charge on any atom is 0.0283 e. The van der Waals surface area contributed by atoms with Gasteiger partial charge in [-0.15, -0.1) is 0 Å². The summed E-state index contributed by atoms with van der Waals surface area (Å²) in [6.45, 7) is 2.36. The molecule has 0 radical (unpaired) electrons. The standard InChI is InChI=1S/C12H21NS/c1-12(7-4-8-14-12)11(13)9-10-5-2-3-6-10/h2-3,10-11H,4-9,13H2,1H3. The summed E-state index contributed by atoms with van der Waals surface area (Å²) in [5, 5.41) is 0. The number of nitrogens with two attached hydrogens (primary N) is 1. The number of allylic oxidation sites excluding steroid dienone is 2. The van der Waals surface area contributed by atoms with E-state index in [1.807, 2.05) is 0 Å². The molecule has 2 unspecified atom stereocenters. The molecule has 0 aromatic carbocycles. The minimum absolute atomic E-state index is 0.378. The fourth-order valence-corrected chi connectivity index (χ4v) is 3.92. The van der Waals surface area contributed by atoms with Crippen LogP contribution in [0.5, 0.6) is 0 Å². The van der Waals surface area contributed by atoms with Gasteiger partial charge in [0.15, 0.2) is 0 Å². The van der Waals surface area contributed by atoms with E-state index in [-0.39, 0.29) is 0 Å². The van der Waals surface area contributed by atoms with Crippen LogP contribution < -0.4 is 5.73 Å². The molecule has 1 fully saturated rings. The lowest BCUT2D eigenvalue weighted by atomic mass is 9.88. The minimum Gasteiger partial charge on any atom is -0.326 e. The van der Waals surface area contributed by atoms with Crippen LogP contribution in [0.1, 0.15) is 39.0 Å². The lowest BCUT2D eigenvalue weighted by molar-refractivity contribution is 0.386. The van der Waals surface area contributed by atoms with Crippen LogP contribution in [0.15, 0.2) is 12.2 Å². The summed E-state index contributed by atoms with van der Waals surface area (Å²) in [6.07, 6.45) is 11.0. The van der Waals surface area contributed by atoms with Crippen LogP contribution in [0.3, 0.4) is 0 Å². The van der Waals surface area contributed by atoms with Crippen LogP contribution in [0, 0.1) is 5.92 Å². The highest BCUT2D eigenvalue weighted by Gasteiger charge is 2.36. The monoisotopic (exact) mass is 211 g/mol. The summed E-state index contributed by atoms with van der Waals surface area (Å²) in [7, 11) is 0. The summed E-state index contributed by atoms with van der Waals surface area (Å²) in [5.41, 5.74) is 6.34. The molecule has 2 atom stereocenters. The zero-order valence-corrected chi connectivity index (χ0v) is 9.85. The van der Waals surface area contributed by atoms with Crippen LogP contribution in [0.25, 0.3) is 0 Å². The summed E-state index contributed by atoms with van der Waals surface area (Å²) in [4.78, 5) is 0. The lowest BCUT2D eigenvalue weighted by Crippen LogP contribution is -2.42. The molecule has 0 aromatic heterocycles. The number of hydrogen-bond acceptors (Lipinski definition) is 2. The molecule has 14 heavy (non-hydrogen) atoms. The van der Waals surface area contributed by atoms with E-state index >= 15 is 0 Å². The molecule has 0 amide bonds. The molecule has 1 aliphatic carbocycles. The first kappa shape index (κ1) is 10.6. The van der Waals surface area contributed by atoms with Crippen LogP contribution >= 0.6 is 11.8 Å². The van der Waals surface area contributed by atoms with Gasteiger partial charge < -0.3 is 5.73 Å². The van der Waals surface area contributed by atoms with Gasteiger partial charge in [0.2, 0.25) is 0 Å². The van der Waals surface area contributed by atoms with Crippen molar-refractivity contribution in [1.29, 1.82) is 0 Å². The molecule has 1 aliphatic heterocycles. The van der Waals surface area contributed by atoms with Crippen molar-refractivity contribution < 1.29 is 0 Å². The molecule has 2 aliphatic rings. The van der Waals surface area contributed by atoms with E-state index in [2.05, 4.69) is 30.8 Å². The van der Waals surface area contributed by atoms with Gasteiger partial charge in [-0.3, -0.25) is 0 Å². The van der Waals surface area contributed by atoms with Crippen molar-refractivity contribution in [2.75, 3.05) is 5.75 Å². The van der Waals surface area contributed by atoms with E-state index in [1.165, 1.54) is 37.9 Å². The van der Waals surface area contributed by atoms with Gasteiger partial charge in [0, 0.05) is 10.8 Å². The first-order chi connectivity index (χ1) is 6.71. The normalized spacial score (nSPS) is 35.3. The molecule has 2 rings (SSSR count). The fourth-order valence-electron chi connectivity index (χ4n) is 2.57. The Kier molecular flexibility index (Phi) is 3.23. The van der Waals surface area contributed by atoms with Crippen molar-refractivity contribution in [1.82, 2.24) is 0 Å². The Bertz CT molecular complexity index is 210. The molecular formula is C12H21NS. The Balaban J connectivity index is 1.84. The van der Waals surface area contributed by atoms with Crippen molar-refractivity contribution in [3.63, 3.8) is 0 Å². The number of hydrogen-bond donors (Lipinski definition) is 1. The van der Waals surface area contributed by atoms with E-state index in [9.17, 15) is 0 Å².